The Morgan fingerprint density at radius 2 is 1.45 bits per heavy atom. The number of hydrogen-bond donors (Lipinski definition) is 1. The zero-order valence-electron chi connectivity index (χ0n) is 11.6. The predicted molar refractivity (Wildman–Crippen MR) is 80.3 cm³/mol. The number of benzene rings is 2. The summed E-state index contributed by atoms with van der Waals surface area (Å²) in [5, 5.41) is 3.65. The minimum Gasteiger partial charge on any atom is -0.302 e. The van der Waals surface area contributed by atoms with Crippen LogP contribution in [0.2, 0.25) is 0 Å². The van der Waals surface area contributed by atoms with Crippen molar-refractivity contribution in [3.8, 4) is 0 Å². The Morgan fingerprint density at radius 1 is 0.900 bits per heavy atom. The Bertz CT molecular complexity index is 579. The first-order valence-corrected chi connectivity index (χ1v) is 7.14. The lowest BCUT2D eigenvalue weighted by Gasteiger charge is -2.35. The van der Waals surface area contributed by atoms with Gasteiger partial charge in [0.1, 0.15) is 5.78 Å². The first-order chi connectivity index (χ1) is 9.75. The van der Waals surface area contributed by atoms with Gasteiger partial charge in [0, 0.05) is 24.4 Å². The van der Waals surface area contributed by atoms with Crippen LogP contribution >= 0.6 is 0 Å². The van der Waals surface area contributed by atoms with Crippen LogP contribution in [0.15, 0.2) is 60.7 Å². The molecule has 2 aromatic carbocycles. The molecule has 3 rings (SSSR count). The maximum Gasteiger partial charge on any atom is 0.139 e. The number of hydrogen-bond acceptors (Lipinski definition) is 2. The second-order valence-corrected chi connectivity index (χ2v) is 5.48. The van der Waals surface area contributed by atoms with E-state index in [2.05, 4.69) is 29.6 Å². The molecule has 0 unspecified atom stereocenters. The quantitative estimate of drug-likeness (QED) is 0.897. The molecule has 1 aliphatic heterocycles. The van der Waals surface area contributed by atoms with Crippen LogP contribution in [0.25, 0.3) is 0 Å². The highest BCUT2D eigenvalue weighted by Gasteiger charge is 2.34. The van der Waals surface area contributed by atoms with E-state index in [1.165, 1.54) is 11.1 Å². The van der Waals surface area contributed by atoms with Gasteiger partial charge in [-0.1, -0.05) is 67.6 Å². The first kappa shape index (κ1) is 13.1. The van der Waals surface area contributed by atoms with Crippen LogP contribution in [0.1, 0.15) is 36.6 Å². The molecule has 1 saturated heterocycles. The summed E-state index contributed by atoms with van der Waals surface area (Å²) < 4.78 is 0. The minimum atomic E-state index is 0.0253. The highest BCUT2D eigenvalue weighted by Crippen LogP contribution is 2.34. The molecular formula is C18H19NO. The van der Waals surface area contributed by atoms with E-state index in [1.54, 1.807) is 0 Å². The third-order valence-electron chi connectivity index (χ3n) is 4.15. The second kappa shape index (κ2) is 5.59. The van der Waals surface area contributed by atoms with E-state index in [0.717, 1.165) is 0 Å². The number of piperidine rings is 1. The lowest BCUT2D eigenvalue weighted by Crippen LogP contribution is -2.41. The Morgan fingerprint density at radius 3 is 2.05 bits per heavy atom. The molecular weight excluding hydrogens is 246 g/mol. The highest BCUT2D eigenvalue weighted by molar-refractivity contribution is 5.83. The number of carbonyl (C=O) groups excluding carboxylic acids is 1. The van der Waals surface area contributed by atoms with E-state index >= 15 is 0 Å². The maximum absolute atomic E-state index is 12.3. The van der Waals surface area contributed by atoms with Gasteiger partial charge in [0.05, 0.1) is 0 Å². The molecule has 1 aliphatic rings. The Hall–Kier alpha value is -1.93. The van der Waals surface area contributed by atoms with Crippen molar-refractivity contribution < 1.29 is 4.79 Å². The van der Waals surface area contributed by atoms with E-state index in [9.17, 15) is 4.79 Å². The SMILES string of the molecule is C[C@@H]1C(=O)C[C@@H](c2ccccc2)N[C@H]1c1ccccc1. The molecule has 2 aromatic rings. The van der Waals surface area contributed by atoms with Crippen LogP contribution in [0, 0.1) is 5.92 Å². The number of ketones is 1. The molecule has 20 heavy (non-hydrogen) atoms. The summed E-state index contributed by atoms with van der Waals surface area (Å²) in [5.41, 5.74) is 2.38. The third kappa shape index (κ3) is 2.52. The van der Waals surface area contributed by atoms with Crippen molar-refractivity contribution in [2.45, 2.75) is 25.4 Å². The predicted octanol–water partition coefficient (Wildman–Crippen LogP) is 3.67. The number of nitrogens with one attached hydrogen (secondary N) is 1. The average molecular weight is 265 g/mol. The number of carbonyl (C=O) groups is 1. The molecule has 3 atom stereocenters. The van der Waals surface area contributed by atoms with Crippen LogP contribution in [-0.4, -0.2) is 5.78 Å². The van der Waals surface area contributed by atoms with Gasteiger partial charge < -0.3 is 5.32 Å². The summed E-state index contributed by atoms with van der Waals surface area (Å²) in [6.07, 6.45) is 0.578. The fourth-order valence-corrected chi connectivity index (χ4v) is 2.94. The molecule has 2 heteroatoms. The van der Waals surface area contributed by atoms with Crippen LogP contribution < -0.4 is 5.32 Å². The summed E-state index contributed by atoms with van der Waals surface area (Å²) in [4.78, 5) is 12.3. The fourth-order valence-electron chi connectivity index (χ4n) is 2.94. The molecule has 0 aliphatic carbocycles. The van der Waals surface area contributed by atoms with Crippen molar-refractivity contribution >= 4 is 5.78 Å². The van der Waals surface area contributed by atoms with Crippen molar-refractivity contribution in [2.75, 3.05) is 0 Å². The lowest BCUT2D eigenvalue weighted by atomic mass is 9.82. The fraction of sp³-hybridized carbons (Fsp3) is 0.278. The van der Waals surface area contributed by atoms with Crippen LogP contribution in [0.5, 0.6) is 0 Å². The standard InChI is InChI=1S/C18H19NO/c1-13-17(20)12-16(14-8-4-2-5-9-14)19-18(13)15-10-6-3-7-11-15/h2-11,13,16,18-19H,12H2,1H3/t13-,16+,18-/m1/s1. The summed E-state index contributed by atoms with van der Waals surface area (Å²) in [6.45, 7) is 2.02. The number of rotatable bonds is 2. The second-order valence-electron chi connectivity index (χ2n) is 5.48. The Labute approximate surface area is 119 Å². The number of Topliss-reactive ketones (excluding diaryl/α,β-unsaturated/α-hetero) is 1. The van der Waals surface area contributed by atoms with Crippen LogP contribution in [-0.2, 0) is 4.79 Å². The highest BCUT2D eigenvalue weighted by atomic mass is 16.1. The van der Waals surface area contributed by atoms with Crippen molar-refractivity contribution in [3.63, 3.8) is 0 Å². The molecule has 0 spiro atoms. The van der Waals surface area contributed by atoms with Gasteiger partial charge in [-0.15, -0.1) is 0 Å². The molecule has 0 aromatic heterocycles. The van der Waals surface area contributed by atoms with E-state index in [-0.39, 0.29) is 18.0 Å². The zero-order valence-corrected chi connectivity index (χ0v) is 11.6. The van der Waals surface area contributed by atoms with E-state index in [0.29, 0.717) is 12.2 Å². The van der Waals surface area contributed by atoms with E-state index < -0.39 is 0 Å². The van der Waals surface area contributed by atoms with Crippen LogP contribution in [0.4, 0.5) is 0 Å². The molecule has 1 heterocycles. The maximum atomic E-state index is 12.3. The first-order valence-electron chi connectivity index (χ1n) is 7.14. The monoisotopic (exact) mass is 265 g/mol. The van der Waals surface area contributed by atoms with Gasteiger partial charge in [0.15, 0.2) is 0 Å². The summed E-state index contributed by atoms with van der Waals surface area (Å²) in [7, 11) is 0. The Balaban J connectivity index is 1.89. The summed E-state index contributed by atoms with van der Waals surface area (Å²) in [5.74, 6) is 0.365. The van der Waals surface area contributed by atoms with Gasteiger partial charge in [-0.2, -0.15) is 0 Å². The normalized spacial score (nSPS) is 26.4. The molecule has 0 amide bonds. The topological polar surface area (TPSA) is 29.1 Å². The lowest BCUT2D eigenvalue weighted by molar-refractivity contribution is -0.126. The molecule has 0 saturated carbocycles. The van der Waals surface area contributed by atoms with Gasteiger partial charge in [-0.3, -0.25) is 4.79 Å². The molecule has 1 fully saturated rings. The smallest absolute Gasteiger partial charge is 0.139 e. The average Bonchev–Trinajstić information content (AvgIpc) is 2.51. The van der Waals surface area contributed by atoms with Gasteiger partial charge in [0.25, 0.3) is 0 Å². The van der Waals surface area contributed by atoms with E-state index in [1.807, 2.05) is 43.3 Å². The molecule has 2 nitrogen and oxygen atoms in total. The van der Waals surface area contributed by atoms with Crippen molar-refractivity contribution in [1.82, 2.24) is 5.32 Å². The van der Waals surface area contributed by atoms with Crippen LogP contribution in [0.3, 0.4) is 0 Å². The zero-order chi connectivity index (χ0) is 13.9. The van der Waals surface area contributed by atoms with Gasteiger partial charge in [-0.25, -0.2) is 0 Å². The van der Waals surface area contributed by atoms with E-state index in [4.69, 9.17) is 0 Å². The minimum absolute atomic E-state index is 0.0253. The van der Waals surface area contributed by atoms with Crippen molar-refractivity contribution in [1.29, 1.82) is 0 Å². The van der Waals surface area contributed by atoms with Gasteiger partial charge in [-0.05, 0) is 11.1 Å². The summed E-state index contributed by atoms with van der Waals surface area (Å²) >= 11 is 0. The molecule has 1 N–H and O–H groups in total. The van der Waals surface area contributed by atoms with Crippen molar-refractivity contribution in [3.05, 3.63) is 71.8 Å². The molecule has 0 radical (unpaired) electrons. The van der Waals surface area contributed by atoms with Gasteiger partial charge >= 0.3 is 0 Å². The molecule has 102 valence electrons. The molecule has 0 bridgehead atoms. The largest absolute Gasteiger partial charge is 0.302 e. The van der Waals surface area contributed by atoms with Gasteiger partial charge in [0.2, 0.25) is 0 Å². The third-order valence-corrected chi connectivity index (χ3v) is 4.15. The summed E-state index contributed by atoms with van der Waals surface area (Å²) in [6, 6.07) is 20.7. The Kier molecular flexibility index (Phi) is 3.66. The van der Waals surface area contributed by atoms with Crippen molar-refractivity contribution in [2.24, 2.45) is 5.92 Å².